The lowest BCUT2D eigenvalue weighted by atomic mass is 10.1. The first-order valence-electron chi connectivity index (χ1n) is 6.47. The molecule has 114 valence electrons. The number of methoxy groups -OCH3 is 1. The zero-order valence-corrected chi connectivity index (χ0v) is 12.1. The summed E-state index contributed by atoms with van der Waals surface area (Å²) in [7, 11) is 1.53. The number of hydrogen-bond donors (Lipinski definition) is 2. The van der Waals surface area contributed by atoms with Crippen LogP contribution < -0.4 is 5.32 Å². The van der Waals surface area contributed by atoms with E-state index in [1.165, 1.54) is 12.0 Å². The Bertz CT molecular complexity index is 364. The number of aliphatic carboxylic acids is 1. The van der Waals surface area contributed by atoms with Gasteiger partial charge in [0.1, 0.15) is 0 Å². The van der Waals surface area contributed by atoms with Crippen LogP contribution in [0.4, 0.5) is 4.79 Å². The topological polar surface area (TPSA) is 95.9 Å². The molecule has 0 atom stereocenters. The molecule has 0 aliphatic rings. The van der Waals surface area contributed by atoms with Crippen molar-refractivity contribution >= 4 is 17.9 Å². The maximum absolute atomic E-state index is 12.0. The van der Waals surface area contributed by atoms with Crippen molar-refractivity contribution in [2.24, 2.45) is 0 Å². The van der Waals surface area contributed by atoms with Gasteiger partial charge in [-0.05, 0) is 12.8 Å². The summed E-state index contributed by atoms with van der Waals surface area (Å²) in [6, 6.07) is -0.544. The summed E-state index contributed by atoms with van der Waals surface area (Å²) in [4.78, 5) is 35.2. The molecule has 0 aliphatic heterocycles. The normalized spacial score (nSPS) is 10.8. The molecule has 0 saturated heterocycles. The van der Waals surface area contributed by atoms with Crippen molar-refractivity contribution in [1.29, 1.82) is 0 Å². The molecule has 0 spiro atoms. The van der Waals surface area contributed by atoms with E-state index in [0.717, 1.165) is 18.9 Å². The van der Waals surface area contributed by atoms with Crippen LogP contribution in [0.5, 0.6) is 0 Å². The first-order chi connectivity index (χ1) is 9.46. The molecular formula is C13H22N2O5. The molecule has 2 N–H and O–H groups in total. The number of carbonyl (C=O) groups excluding carboxylic acids is 2. The van der Waals surface area contributed by atoms with Crippen molar-refractivity contribution in [1.82, 2.24) is 10.2 Å². The van der Waals surface area contributed by atoms with E-state index in [1.807, 2.05) is 13.8 Å². The summed E-state index contributed by atoms with van der Waals surface area (Å²) < 4.78 is 4.95. The summed E-state index contributed by atoms with van der Waals surface area (Å²) in [6.07, 6.45) is 3.00. The van der Waals surface area contributed by atoms with E-state index < -0.39 is 17.9 Å². The van der Waals surface area contributed by atoms with Crippen LogP contribution in [-0.4, -0.2) is 54.2 Å². The number of carboxylic acid groups (broad SMARTS) is 1. The van der Waals surface area contributed by atoms with Gasteiger partial charge >= 0.3 is 12.0 Å². The predicted molar refractivity (Wildman–Crippen MR) is 73.3 cm³/mol. The van der Waals surface area contributed by atoms with Crippen molar-refractivity contribution in [3.05, 3.63) is 12.2 Å². The highest BCUT2D eigenvalue weighted by Crippen LogP contribution is 2.08. The first-order valence-corrected chi connectivity index (χ1v) is 6.47. The number of carboxylic acids is 1. The monoisotopic (exact) mass is 286 g/mol. The fraction of sp³-hybridized carbons (Fsp3) is 0.615. The van der Waals surface area contributed by atoms with Crippen LogP contribution in [0.1, 0.15) is 26.7 Å². The van der Waals surface area contributed by atoms with Crippen molar-refractivity contribution in [3.63, 3.8) is 0 Å². The fourth-order valence-corrected chi connectivity index (χ4v) is 1.73. The number of urea groups is 1. The van der Waals surface area contributed by atoms with Gasteiger partial charge in [0.25, 0.3) is 5.91 Å². The van der Waals surface area contributed by atoms with Gasteiger partial charge in [-0.3, -0.25) is 10.1 Å². The molecule has 0 bridgehead atoms. The number of imide groups is 1. The molecule has 0 aromatic rings. The van der Waals surface area contributed by atoms with Gasteiger partial charge in [-0.2, -0.15) is 0 Å². The van der Waals surface area contributed by atoms with E-state index in [1.54, 1.807) is 0 Å². The maximum atomic E-state index is 12.0. The predicted octanol–water partition coefficient (Wildman–Crippen LogP) is 1.00. The Morgan fingerprint density at radius 1 is 1.25 bits per heavy atom. The summed E-state index contributed by atoms with van der Waals surface area (Å²) in [5, 5.41) is 10.5. The molecule has 7 heteroatoms. The molecule has 0 saturated carbocycles. The van der Waals surface area contributed by atoms with Crippen molar-refractivity contribution in [2.45, 2.75) is 32.7 Å². The van der Waals surface area contributed by atoms with Gasteiger partial charge in [-0.25, -0.2) is 9.59 Å². The second-order valence-electron chi connectivity index (χ2n) is 4.12. The average Bonchev–Trinajstić information content (AvgIpc) is 2.41. The smallest absolute Gasteiger partial charge is 0.328 e. The van der Waals surface area contributed by atoms with Crippen LogP contribution in [0.25, 0.3) is 0 Å². The average molecular weight is 286 g/mol. The maximum Gasteiger partial charge on any atom is 0.328 e. The minimum Gasteiger partial charge on any atom is -0.478 e. The first kappa shape index (κ1) is 18.1. The molecule has 0 aromatic heterocycles. The molecule has 3 amide bonds. The van der Waals surface area contributed by atoms with E-state index in [9.17, 15) is 14.4 Å². The van der Waals surface area contributed by atoms with E-state index in [-0.39, 0.29) is 6.04 Å². The van der Waals surface area contributed by atoms with Gasteiger partial charge in [-0.15, -0.1) is 0 Å². The van der Waals surface area contributed by atoms with Crippen LogP contribution in [0.15, 0.2) is 12.2 Å². The Hall–Kier alpha value is -1.89. The number of nitrogens with zero attached hydrogens (tertiary/aromatic N) is 1. The molecule has 20 heavy (non-hydrogen) atoms. The molecule has 0 aliphatic carbocycles. The number of hydrogen-bond acceptors (Lipinski definition) is 4. The molecule has 0 unspecified atom stereocenters. The van der Waals surface area contributed by atoms with E-state index in [4.69, 9.17) is 9.84 Å². The molecule has 0 aromatic carbocycles. The summed E-state index contributed by atoms with van der Waals surface area (Å²) >= 11 is 0. The largest absolute Gasteiger partial charge is 0.478 e. The molecule has 7 nitrogen and oxygen atoms in total. The Labute approximate surface area is 118 Å². The fourth-order valence-electron chi connectivity index (χ4n) is 1.73. The highest BCUT2D eigenvalue weighted by molar-refractivity contribution is 6.02. The minimum absolute atomic E-state index is 0.00130. The SMILES string of the molecule is CCC(CC)N(CCOC)C(=O)NC(=O)C=CC(=O)O. The number of ether oxygens (including phenoxy) is 1. The van der Waals surface area contributed by atoms with Gasteiger partial charge < -0.3 is 14.7 Å². The van der Waals surface area contributed by atoms with Gasteiger partial charge in [0.2, 0.25) is 0 Å². The number of amides is 3. The lowest BCUT2D eigenvalue weighted by molar-refractivity contribution is -0.131. The zero-order chi connectivity index (χ0) is 15.5. The number of rotatable bonds is 8. The van der Waals surface area contributed by atoms with Crippen LogP contribution in [0, 0.1) is 0 Å². The highest BCUT2D eigenvalue weighted by atomic mass is 16.5. The van der Waals surface area contributed by atoms with Crippen LogP contribution in [0.2, 0.25) is 0 Å². The number of carbonyl (C=O) groups is 3. The summed E-state index contributed by atoms with van der Waals surface area (Å²) in [5.41, 5.74) is 0. The third kappa shape index (κ3) is 6.89. The quantitative estimate of drug-likeness (QED) is 0.649. The summed E-state index contributed by atoms with van der Waals surface area (Å²) in [5.74, 6) is -2.00. The molecule has 0 heterocycles. The molecule has 0 rings (SSSR count). The second-order valence-corrected chi connectivity index (χ2v) is 4.12. The Kier molecular flexibility index (Phi) is 9.02. The lowest BCUT2D eigenvalue weighted by Crippen LogP contribution is -2.48. The third-order valence-electron chi connectivity index (χ3n) is 2.79. The third-order valence-corrected chi connectivity index (χ3v) is 2.79. The van der Waals surface area contributed by atoms with Crippen LogP contribution in [0.3, 0.4) is 0 Å². The Morgan fingerprint density at radius 3 is 2.30 bits per heavy atom. The van der Waals surface area contributed by atoms with Crippen LogP contribution in [-0.2, 0) is 14.3 Å². The van der Waals surface area contributed by atoms with Gasteiger partial charge in [0.15, 0.2) is 0 Å². The summed E-state index contributed by atoms with van der Waals surface area (Å²) in [6.45, 7) is 4.63. The van der Waals surface area contributed by atoms with Crippen LogP contribution >= 0.6 is 0 Å². The Balaban J connectivity index is 4.69. The van der Waals surface area contributed by atoms with Gasteiger partial charge in [-0.1, -0.05) is 13.8 Å². The molecular weight excluding hydrogens is 264 g/mol. The molecule has 0 radical (unpaired) electrons. The Morgan fingerprint density at radius 2 is 1.85 bits per heavy atom. The molecule has 0 fully saturated rings. The van der Waals surface area contributed by atoms with E-state index in [2.05, 4.69) is 5.32 Å². The standard InChI is InChI=1S/C13H22N2O5/c1-4-10(5-2)15(8-9-20-3)13(19)14-11(16)6-7-12(17)18/h6-7,10H,4-5,8-9H2,1-3H3,(H,17,18)(H,14,16,19). The zero-order valence-electron chi connectivity index (χ0n) is 12.1. The van der Waals surface area contributed by atoms with Gasteiger partial charge in [0, 0.05) is 31.8 Å². The van der Waals surface area contributed by atoms with Crippen molar-refractivity contribution < 1.29 is 24.2 Å². The van der Waals surface area contributed by atoms with E-state index in [0.29, 0.717) is 19.2 Å². The minimum atomic E-state index is -1.25. The second kappa shape index (κ2) is 9.96. The highest BCUT2D eigenvalue weighted by Gasteiger charge is 2.21. The van der Waals surface area contributed by atoms with Crippen molar-refractivity contribution in [2.75, 3.05) is 20.3 Å². The van der Waals surface area contributed by atoms with Gasteiger partial charge in [0.05, 0.1) is 6.61 Å². The van der Waals surface area contributed by atoms with E-state index >= 15 is 0 Å². The lowest BCUT2D eigenvalue weighted by Gasteiger charge is -2.29. The number of nitrogens with one attached hydrogen (secondary N) is 1. The van der Waals surface area contributed by atoms with Crippen molar-refractivity contribution in [3.8, 4) is 0 Å².